The molecule has 23 heavy (non-hydrogen) atoms. The van der Waals surface area contributed by atoms with Crippen LogP contribution in [0.15, 0.2) is 36.5 Å². The molecule has 0 unspecified atom stereocenters. The van der Waals surface area contributed by atoms with E-state index in [9.17, 15) is 13.2 Å². The molecule has 2 heterocycles. The van der Waals surface area contributed by atoms with E-state index in [0.29, 0.717) is 5.52 Å². The molecular formula is C17H14F3N3. The van der Waals surface area contributed by atoms with Gasteiger partial charge in [0.05, 0.1) is 23.1 Å². The zero-order chi connectivity index (χ0) is 16.2. The summed E-state index contributed by atoms with van der Waals surface area (Å²) in [4.78, 5) is 0. The number of fused-ring (bicyclic) bond motifs is 1. The lowest BCUT2D eigenvalue weighted by atomic mass is 10.1. The van der Waals surface area contributed by atoms with Crippen molar-refractivity contribution in [2.75, 3.05) is 0 Å². The Kier molecular flexibility index (Phi) is 2.98. The van der Waals surface area contributed by atoms with Crippen LogP contribution in [0.3, 0.4) is 0 Å². The smallest absolute Gasteiger partial charge is 0.337 e. The van der Waals surface area contributed by atoms with Crippen molar-refractivity contribution in [3.63, 3.8) is 0 Å². The van der Waals surface area contributed by atoms with E-state index < -0.39 is 11.7 Å². The molecule has 0 saturated heterocycles. The predicted molar refractivity (Wildman–Crippen MR) is 81.0 cm³/mol. The molecule has 0 radical (unpaired) electrons. The summed E-state index contributed by atoms with van der Waals surface area (Å²) in [6.45, 7) is 1.85. The first-order chi connectivity index (χ1) is 10.9. The molecule has 0 atom stereocenters. The number of hydrogen-bond acceptors (Lipinski definition) is 2. The van der Waals surface area contributed by atoms with Crippen molar-refractivity contribution < 1.29 is 13.2 Å². The number of aromatic nitrogens is 3. The highest BCUT2D eigenvalue weighted by atomic mass is 19.4. The number of hydrogen-bond donors (Lipinski definition) is 0. The number of rotatable bonds is 2. The number of benzene rings is 1. The van der Waals surface area contributed by atoms with Gasteiger partial charge in [-0.25, -0.2) is 0 Å². The third-order valence-electron chi connectivity index (χ3n) is 4.15. The molecule has 0 amide bonds. The standard InChI is InChI=1S/C17H14F3N3/c1-10-6-12(9-21-22-10)15-7-11-2-3-13(17(18,19)20)8-16(11)23(15)14-4-5-14/h2-3,6-9,14H,4-5H2,1H3. The van der Waals surface area contributed by atoms with E-state index in [-0.39, 0.29) is 6.04 Å². The molecule has 4 rings (SSSR count). The Bertz CT molecular complexity index is 892. The molecule has 0 aliphatic heterocycles. The van der Waals surface area contributed by atoms with Gasteiger partial charge in [-0.2, -0.15) is 23.4 Å². The summed E-state index contributed by atoms with van der Waals surface area (Å²) in [7, 11) is 0. The average Bonchev–Trinajstić information content (AvgIpc) is 3.25. The summed E-state index contributed by atoms with van der Waals surface area (Å²) >= 11 is 0. The van der Waals surface area contributed by atoms with Crippen LogP contribution in [0.2, 0.25) is 0 Å². The van der Waals surface area contributed by atoms with Crippen LogP contribution in [-0.2, 0) is 6.18 Å². The first-order valence-corrected chi connectivity index (χ1v) is 7.45. The van der Waals surface area contributed by atoms with Crippen molar-refractivity contribution in [3.8, 4) is 11.3 Å². The van der Waals surface area contributed by atoms with Gasteiger partial charge in [-0.05, 0) is 44.0 Å². The number of nitrogens with zero attached hydrogens (tertiary/aromatic N) is 3. The summed E-state index contributed by atoms with van der Waals surface area (Å²) in [6.07, 6.45) is -0.693. The predicted octanol–water partition coefficient (Wildman–Crippen LogP) is 4.76. The number of aryl methyl sites for hydroxylation is 1. The molecule has 2 aromatic heterocycles. The topological polar surface area (TPSA) is 30.7 Å². The molecular weight excluding hydrogens is 303 g/mol. The van der Waals surface area contributed by atoms with Crippen LogP contribution in [0.1, 0.15) is 30.1 Å². The maximum absolute atomic E-state index is 13.0. The van der Waals surface area contributed by atoms with Gasteiger partial charge in [-0.15, -0.1) is 0 Å². The third-order valence-corrected chi connectivity index (χ3v) is 4.15. The SMILES string of the molecule is Cc1cc(-c2cc3ccc(C(F)(F)F)cc3n2C2CC2)cnn1. The monoisotopic (exact) mass is 317 g/mol. The highest BCUT2D eigenvalue weighted by Gasteiger charge is 2.33. The molecule has 6 heteroatoms. The lowest BCUT2D eigenvalue weighted by molar-refractivity contribution is -0.137. The fourth-order valence-electron chi connectivity index (χ4n) is 2.96. The van der Waals surface area contributed by atoms with Crippen molar-refractivity contribution in [2.45, 2.75) is 32.0 Å². The summed E-state index contributed by atoms with van der Waals surface area (Å²) in [6, 6.07) is 8.04. The molecule has 1 aliphatic rings. The summed E-state index contributed by atoms with van der Waals surface area (Å²) in [5.41, 5.74) is 2.59. The van der Waals surface area contributed by atoms with Crippen molar-refractivity contribution in [1.29, 1.82) is 0 Å². The van der Waals surface area contributed by atoms with Crippen LogP contribution < -0.4 is 0 Å². The Morgan fingerprint density at radius 2 is 1.91 bits per heavy atom. The fraction of sp³-hybridized carbons (Fsp3) is 0.294. The van der Waals surface area contributed by atoms with Crippen LogP contribution in [0.4, 0.5) is 13.2 Å². The van der Waals surface area contributed by atoms with E-state index in [1.807, 2.05) is 23.6 Å². The molecule has 1 aliphatic carbocycles. The van der Waals surface area contributed by atoms with Gasteiger partial charge in [0, 0.05) is 22.5 Å². The summed E-state index contributed by atoms with van der Waals surface area (Å²) < 4.78 is 41.1. The summed E-state index contributed by atoms with van der Waals surface area (Å²) in [5.74, 6) is 0. The zero-order valence-electron chi connectivity index (χ0n) is 12.4. The first-order valence-electron chi connectivity index (χ1n) is 7.45. The second-order valence-electron chi connectivity index (χ2n) is 5.99. The van der Waals surface area contributed by atoms with E-state index in [1.165, 1.54) is 6.07 Å². The van der Waals surface area contributed by atoms with Crippen LogP contribution in [0.25, 0.3) is 22.2 Å². The van der Waals surface area contributed by atoms with E-state index >= 15 is 0 Å². The fourth-order valence-corrected chi connectivity index (χ4v) is 2.96. The molecule has 0 spiro atoms. The molecule has 1 fully saturated rings. The minimum absolute atomic E-state index is 0.263. The molecule has 0 bridgehead atoms. The quantitative estimate of drug-likeness (QED) is 0.682. The zero-order valence-corrected chi connectivity index (χ0v) is 12.4. The van der Waals surface area contributed by atoms with Crippen LogP contribution in [-0.4, -0.2) is 14.8 Å². The van der Waals surface area contributed by atoms with E-state index in [0.717, 1.165) is 41.2 Å². The number of halogens is 3. The van der Waals surface area contributed by atoms with E-state index in [1.54, 1.807) is 12.3 Å². The Hall–Kier alpha value is -2.37. The van der Waals surface area contributed by atoms with Crippen molar-refractivity contribution >= 4 is 10.9 Å². The second kappa shape index (κ2) is 4.81. The van der Waals surface area contributed by atoms with Gasteiger partial charge >= 0.3 is 6.18 Å². The van der Waals surface area contributed by atoms with E-state index in [4.69, 9.17) is 0 Å². The molecule has 1 aromatic carbocycles. The molecule has 1 saturated carbocycles. The van der Waals surface area contributed by atoms with Gasteiger partial charge in [0.25, 0.3) is 0 Å². The van der Waals surface area contributed by atoms with E-state index in [2.05, 4.69) is 10.2 Å². The van der Waals surface area contributed by atoms with Crippen molar-refractivity contribution in [1.82, 2.24) is 14.8 Å². The minimum atomic E-state index is -4.33. The van der Waals surface area contributed by atoms with Gasteiger partial charge in [-0.1, -0.05) is 6.07 Å². The van der Waals surface area contributed by atoms with Crippen LogP contribution in [0.5, 0.6) is 0 Å². The van der Waals surface area contributed by atoms with Gasteiger partial charge < -0.3 is 4.57 Å². The van der Waals surface area contributed by atoms with Gasteiger partial charge in [0.2, 0.25) is 0 Å². The Labute approximate surface area is 130 Å². The summed E-state index contributed by atoms with van der Waals surface area (Å²) in [5, 5.41) is 8.73. The Morgan fingerprint density at radius 1 is 1.13 bits per heavy atom. The lowest BCUT2D eigenvalue weighted by Crippen LogP contribution is -2.05. The molecule has 118 valence electrons. The average molecular weight is 317 g/mol. The van der Waals surface area contributed by atoms with Crippen molar-refractivity contribution in [3.05, 3.63) is 47.8 Å². The third kappa shape index (κ3) is 2.48. The maximum Gasteiger partial charge on any atom is 0.416 e. The lowest BCUT2D eigenvalue weighted by Gasteiger charge is -2.11. The molecule has 0 N–H and O–H groups in total. The van der Waals surface area contributed by atoms with Gasteiger partial charge in [0.15, 0.2) is 0 Å². The van der Waals surface area contributed by atoms with Crippen LogP contribution >= 0.6 is 0 Å². The molecule has 3 aromatic rings. The minimum Gasteiger partial charge on any atom is -0.337 e. The molecule has 3 nitrogen and oxygen atoms in total. The second-order valence-corrected chi connectivity index (χ2v) is 5.99. The normalized spacial score (nSPS) is 15.3. The van der Waals surface area contributed by atoms with Crippen LogP contribution in [0, 0.1) is 6.92 Å². The Morgan fingerprint density at radius 3 is 2.57 bits per heavy atom. The van der Waals surface area contributed by atoms with Gasteiger partial charge in [-0.3, -0.25) is 0 Å². The first kappa shape index (κ1) is 14.2. The number of alkyl halides is 3. The van der Waals surface area contributed by atoms with Crippen molar-refractivity contribution in [2.24, 2.45) is 0 Å². The highest BCUT2D eigenvalue weighted by molar-refractivity contribution is 5.88. The highest BCUT2D eigenvalue weighted by Crippen LogP contribution is 2.43. The Balaban J connectivity index is 1.96. The largest absolute Gasteiger partial charge is 0.416 e. The van der Waals surface area contributed by atoms with Gasteiger partial charge in [0.1, 0.15) is 0 Å². The maximum atomic E-state index is 13.0.